The van der Waals surface area contributed by atoms with Crippen molar-refractivity contribution in [2.75, 3.05) is 13.2 Å². The van der Waals surface area contributed by atoms with Crippen molar-refractivity contribution in [1.29, 1.82) is 0 Å². The zero-order valence-corrected chi connectivity index (χ0v) is 16.3. The highest BCUT2D eigenvalue weighted by Gasteiger charge is 2.47. The summed E-state index contributed by atoms with van der Waals surface area (Å²) in [4.78, 5) is 25.1. The second-order valence-electron chi connectivity index (χ2n) is 7.64. The van der Waals surface area contributed by atoms with Gasteiger partial charge in [-0.05, 0) is 37.0 Å². The molecule has 1 aromatic heterocycles. The van der Waals surface area contributed by atoms with Crippen molar-refractivity contribution in [2.24, 2.45) is 0 Å². The fourth-order valence-electron chi connectivity index (χ4n) is 4.02. The third-order valence-corrected chi connectivity index (χ3v) is 5.50. The predicted molar refractivity (Wildman–Crippen MR) is 105 cm³/mol. The smallest absolute Gasteiger partial charge is 0.349 e. The van der Waals surface area contributed by atoms with Gasteiger partial charge in [0.25, 0.3) is 5.91 Å². The highest BCUT2D eigenvalue weighted by molar-refractivity contribution is 5.95. The van der Waals surface area contributed by atoms with Crippen LogP contribution in [0.1, 0.15) is 33.7 Å². The third kappa shape index (κ3) is 4.27. The molecule has 154 valence electrons. The maximum Gasteiger partial charge on any atom is 0.349 e. The number of rotatable bonds is 6. The summed E-state index contributed by atoms with van der Waals surface area (Å²) in [6, 6.07) is 11.5. The van der Waals surface area contributed by atoms with Gasteiger partial charge in [0.15, 0.2) is 0 Å². The molecular weight excluding hydrogens is 374 g/mol. The fourth-order valence-corrected chi connectivity index (χ4v) is 4.02. The molecule has 2 N–H and O–H groups in total. The summed E-state index contributed by atoms with van der Waals surface area (Å²) in [7, 11) is 0. The summed E-state index contributed by atoms with van der Waals surface area (Å²) in [6.07, 6.45) is 0.827. The lowest BCUT2D eigenvalue weighted by Crippen LogP contribution is -2.45. The van der Waals surface area contributed by atoms with Crippen LogP contribution in [0.2, 0.25) is 0 Å². The zero-order valence-electron chi connectivity index (χ0n) is 16.3. The summed E-state index contributed by atoms with van der Waals surface area (Å²) in [6.45, 7) is 2.15. The quantitative estimate of drug-likeness (QED) is 0.762. The van der Waals surface area contributed by atoms with Gasteiger partial charge in [-0.3, -0.25) is 4.79 Å². The summed E-state index contributed by atoms with van der Waals surface area (Å²) in [5.74, 6) is 0.0674. The van der Waals surface area contributed by atoms with E-state index in [9.17, 15) is 14.7 Å². The SMILES string of the molecule is Cc1cc(CCCc2ccccc2)oc(=O)c1C(=O)N[C@@H]1CO[C@H]2[C@@H]1OC[C@H]2O. The normalized spacial score (nSPS) is 25.7. The molecule has 2 fully saturated rings. The highest BCUT2D eigenvalue weighted by atomic mass is 16.6. The number of aryl methyl sites for hydroxylation is 3. The average molecular weight is 399 g/mol. The van der Waals surface area contributed by atoms with E-state index in [0.717, 1.165) is 12.8 Å². The van der Waals surface area contributed by atoms with Gasteiger partial charge in [0.2, 0.25) is 0 Å². The van der Waals surface area contributed by atoms with E-state index in [4.69, 9.17) is 13.9 Å². The van der Waals surface area contributed by atoms with Crippen LogP contribution in [-0.2, 0) is 22.3 Å². The van der Waals surface area contributed by atoms with Crippen LogP contribution in [0.15, 0.2) is 45.6 Å². The van der Waals surface area contributed by atoms with E-state index in [-0.39, 0.29) is 18.8 Å². The second-order valence-corrected chi connectivity index (χ2v) is 7.64. The Kier molecular flexibility index (Phi) is 5.80. The third-order valence-electron chi connectivity index (χ3n) is 5.50. The van der Waals surface area contributed by atoms with Crippen LogP contribution in [-0.4, -0.2) is 48.6 Å². The Labute approximate surface area is 168 Å². The summed E-state index contributed by atoms with van der Waals surface area (Å²) < 4.78 is 16.4. The number of aliphatic hydroxyl groups excluding tert-OH is 1. The molecule has 2 aromatic rings. The van der Waals surface area contributed by atoms with Gasteiger partial charge in [0.05, 0.1) is 19.3 Å². The molecule has 2 saturated heterocycles. The predicted octanol–water partition coefficient (Wildman–Crippen LogP) is 1.38. The van der Waals surface area contributed by atoms with Gasteiger partial charge in [0, 0.05) is 6.42 Å². The van der Waals surface area contributed by atoms with Gasteiger partial charge in [-0.25, -0.2) is 4.79 Å². The summed E-state index contributed by atoms with van der Waals surface area (Å²) in [5.41, 5.74) is 1.18. The maximum absolute atomic E-state index is 12.7. The largest absolute Gasteiger partial charge is 0.427 e. The Morgan fingerprint density at radius 2 is 1.90 bits per heavy atom. The number of hydrogen-bond donors (Lipinski definition) is 2. The van der Waals surface area contributed by atoms with Crippen molar-refractivity contribution >= 4 is 5.91 Å². The molecule has 0 saturated carbocycles. The first-order valence-electron chi connectivity index (χ1n) is 9.92. The lowest BCUT2D eigenvalue weighted by atomic mass is 10.0. The van der Waals surface area contributed by atoms with Gasteiger partial charge < -0.3 is 24.3 Å². The Morgan fingerprint density at radius 1 is 1.14 bits per heavy atom. The number of nitrogens with one attached hydrogen (secondary N) is 1. The Balaban J connectivity index is 1.39. The average Bonchev–Trinajstić information content (AvgIpc) is 3.25. The van der Waals surface area contributed by atoms with Crippen molar-refractivity contribution in [2.45, 2.75) is 50.5 Å². The van der Waals surface area contributed by atoms with Crippen LogP contribution in [0.3, 0.4) is 0 Å². The first-order chi connectivity index (χ1) is 14.0. The minimum Gasteiger partial charge on any atom is -0.427 e. The van der Waals surface area contributed by atoms with Crippen molar-refractivity contribution < 1.29 is 23.8 Å². The number of ether oxygens (including phenoxy) is 2. The molecule has 1 aromatic carbocycles. The van der Waals surface area contributed by atoms with Gasteiger partial charge in [-0.15, -0.1) is 0 Å². The molecule has 0 spiro atoms. The van der Waals surface area contributed by atoms with E-state index < -0.39 is 35.9 Å². The first kappa shape index (κ1) is 19.8. The summed E-state index contributed by atoms with van der Waals surface area (Å²) in [5, 5.41) is 12.6. The number of carbonyl (C=O) groups excluding carboxylic acids is 1. The van der Waals surface area contributed by atoms with Crippen molar-refractivity contribution in [1.82, 2.24) is 5.32 Å². The number of amides is 1. The molecule has 4 rings (SSSR count). The standard InChI is InChI=1S/C22H25NO6/c1-13-10-15(9-5-8-14-6-3-2-4-7-14)29-22(26)18(13)21(25)23-16-11-27-20-17(24)12-28-19(16)20/h2-4,6-7,10,16-17,19-20,24H,5,8-9,11-12H2,1H3,(H,23,25)/t16-,17-,19-,20-/m1/s1. The van der Waals surface area contributed by atoms with Gasteiger partial charge in [-0.1, -0.05) is 30.3 Å². The first-order valence-corrected chi connectivity index (χ1v) is 9.92. The summed E-state index contributed by atoms with van der Waals surface area (Å²) >= 11 is 0. The van der Waals surface area contributed by atoms with Crippen molar-refractivity contribution in [3.05, 3.63) is 69.3 Å². The molecule has 2 aliphatic heterocycles. The minimum absolute atomic E-state index is 0.00111. The maximum atomic E-state index is 12.7. The molecule has 0 aliphatic carbocycles. The van der Waals surface area contributed by atoms with Gasteiger partial charge in [0.1, 0.15) is 29.6 Å². The minimum atomic E-state index is -0.691. The number of fused-ring (bicyclic) bond motifs is 1. The van der Waals surface area contributed by atoms with E-state index in [0.29, 0.717) is 17.7 Å². The molecule has 7 heteroatoms. The van der Waals surface area contributed by atoms with Crippen LogP contribution >= 0.6 is 0 Å². The molecule has 0 unspecified atom stereocenters. The second kappa shape index (κ2) is 8.49. The van der Waals surface area contributed by atoms with Crippen LogP contribution in [0.25, 0.3) is 0 Å². The van der Waals surface area contributed by atoms with E-state index in [1.165, 1.54) is 5.56 Å². The topological polar surface area (TPSA) is 98.0 Å². The van der Waals surface area contributed by atoms with E-state index in [1.54, 1.807) is 13.0 Å². The molecule has 1 amide bonds. The van der Waals surface area contributed by atoms with Crippen LogP contribution in [0.5, 0.6) is 0 Å². The van der Waals surface area contributed by atoms with Gasteiger partial charge >= 0.3 is 5.63 Å². The van der Waals surface area contributed by atoms with Gasteiger partial charge in [-0.2, -0.15) is 0 Å². The van der Waals surface area contributed by atoms with Crippen molar-refractivity contribution in [3.63, 3.8) is 0 Å². The molecule has 4 atom stereocenters. The van der Waals surface area contributed by atoms with Crippen LogP contribution < -0.4 is 10.9 Å². The van der Waals surface area contributed by atoms with E-state index in [2.05, 4.69) is 17.4 Å². The fraction of sp³-hybridized carbons (Fsp3) is 0.455. The molecule has 0 radical (unpaired) electrons. The van der Waals surface area contributed by atoms with Crippen molar-refractivity contribution in [3.8, 4) is 0 Å². The van der Waals surface area contributed by atoms with Crippen LogP contribution in [0, 0.1) is 6.92 Å². The lowest BCUT2D eigenvalue weighted by Gasteiger charge is -2.17. The zero-order chi connectivity index (χ0) is 20.4. The number of hydrogen-bond acceptors (Lipinski definition) is 6. The monoisotopic (exact) mass is 399 g/mol. The molecule has 29 heavy (non-hydrogen) atoms. The molecule has 0 bridgehead atoms. The molecule has 2 aliphatic rings. The Hall–Kier alpha value is -2.48. The molecule has 3 heterocycles. The number of aliphatic hydroxyl groups is 1. The van der Waals surface area contributed by atoms with E-state index >= 15 is 0 Å². The highest BCUT2D eigenvalue weighted by Crippen LogP contribution is 2.27. The number of benzene rings is 1. The lowest BCUT2D eigenvalue weighted by molar-refractivity contribution is 0.0178. The molecule has 7 nitrogen and oxygen atoms in total. The number of carbonyl (C=O) groups is 1. The van der Waals surface area contributed by atoms with Crippen LogP contribution in [0.4, 0.5) is 0 Å². The Morgan fingerprint density at radius 3 is 2.66 bits per heavy atom. The Bertz CT molecular complexity index is 925. The molecular formula is C22H25NO6. The van der Waals surface area contributed by atoms with E-state index in [1.807, 2.05) is 18.2 Å².